The van der Waals surface area contributed by atoms with Crippen LogP contribution in [0.1, 0.15) is 113 Å². The summed E-state index contributed by atoms with van der Waals surface area (Å²) in [5.41, 5.74) is 5.84. The molecule has 1 aliphatic heterocycles. The first kappa shape index (κ1) is 56.6. The van der Waals surface area contributed by atoms with E-state index in [2.05, 4.69) is 31.9 Å². The maximum absolute atomic E-state index is 13.9. The number of nitrogens with two attached hydrogens (primary N) is 1. The van der Waals surface area contributed by atoms with Crippen molar-refractivity contribution < 1.29 is 73.5 Å². The monoisotopic (exact) mass is 914 g/mol. The van der Waals surface area contributed by atoms with E-state index in [-0.39, 0.29) is 44.1 Å². The number of carboxylic acid groups (broad SMARTS) is 3. The summed E-state index contributed by atoms with van der Waals surface area (Å²) in [7, 11) is 0. The average Bonchev–Trinajstić information content (AvgIpc) is 3.70. The number of aliphatic hydroxyl groups is 2. The number of nitrogens with zero attached hydrogens (tertiary/aromatic N) is 1. The lowest BCUT2D eigenvalue weighted by Gasteiger charge is -2.31. The Bertz CT molecular complexity index is 1660. The highest BCUT2D eigenvalue weighted by atomic mass is 16.4. The fourth-order valence-corrected chi connectivity index (χ4v) is 6.85. The highest BCUT2D eigenvalue weighted by Gasteiger charge is 2.40. The van der Waals surface area contributed by atoms with E-state index >= 15 is 0 Å². The van der Waals surface area contributed by atoms with Gasteiger partial charge >= 0.3 is 17.9 Å². The summed E-state index contributed by atoms with van der Waals surface area (Å²) in [6, 6.07) is -11.4. The molecule has 23 nitrogen and oxygen atoms in total. The molecule has 0 saturated carbocycles. The molecule has 1 aliphatic rings. The quantitative estimate of drug-likeness (QED) is 0.0401. The van der Waals surface area contributed by atoms with Crippen molar-refractivity contribution in [1.29, 1.82) is 0 Å². The molecular weight excluding hydrogens is 844 g/mol. The van der Waals surface area contributed by atoms with E-state index in [4.69, 9.17) is 5.73 Å². The van der Waals surface area contributed by atoms with Gasteiger partial charge in [-0.3, -0.25) is 43.2 Å². The number of hydrogen-bond donors (Lipinski definition) is 12. The molecule has 0 aromatic carbocycles. The van der Waals surface area contributed by atoms with Crippen molar-refractivity contribution in [3.8, 4) is 0 Å². The molecule has 13 N–H and O–H groups in total. The number of aliphatic carboxylic acids is 3. The van der Waals surface area contributed by atoms with Gasteiger partial charge in [0.2, 0.25) is 41.4 Å². The lowest BCUT2D eigenvalue weighted by molar-refractivity contribution is -0.143. The van der Waals surface area contributed by atoms with Gasteiger partial charge in [0.25, 0.3) is 0 Å². The third-order valence-corrected chi connectivity index (χ3v) is 10.7. The first-order chi connectivity index (χ1) is 29.7. The van der Waals surface area contributed by atoms with Crippen molar-refractivity contribution in [2.24, 2.45) is 23.5 Å². The summed E-state index contributed by atoms with van der Waals surface area (Å²) in [6.07, 6.45) is -4.04. The number of carbonyl (C=O) groups is 10. The van der Waals surface area contributed by atoms with Gasteiger partial charge in [-0.2, -0.15) is 0 Å². The molecule has 1 rings (SSSR count). The van der Waals surface area contributed by atoms with Gasteiger partial charge in [-0.25, -0.2) is 4.79 Å². The van der Waals surface area contributed by atoms with Crippen LogP contribution in [0, 0.1) is 17.8 Å². The standard InChI is InChI=1S/C41H70N8O15/c1-9-21(6)32(38(60)48-33(23(8)51)39(61)44-24(12-14-29(52)53)34(56)46-27(41(63)64)18-20(4)5)47-35(57)25(13-15-30(54)55)43-36(58)26(17-19(2)3)45-37(59)28-11-10-16-49(28)40(62)31(42)22(7)50/h19-28,31-33,50-51H,9-18,42H2,1-8H3,(H,43,58)(H,44,61)(H,45,59)(H,46,56)(H,47,57)(H,48,60)(H,52,53)(H,54,55)(H,63,64)/t21-,22+,23+,24-,25-,26-,27-,28-,31-,32-,33-/m0/s1. The van der Waals surface area contributed by atoms with E-state index in [9.17, 15) is 73.5 Å². The van der Waals surface area contributed by atoms with Gasteiger partial charge in [0, 0.05) is 19.4 Å². The van der Waals surface area contributed by atoms with Gasteiger partial charge < -0.3 is 68.1 Å². The Hall–Kier alpha value is -5.42. The van der Waals surface area contributed by atoms with Crippen LogP contribution in [0.15, 0.2) is 0 Å². The first-order valence-corrected chi connectivity index (χ1v) is 21.6. The number of aliphatic hydroxyl groups excluding tert-OH is 2. The molecule has 1 heterocycles. The van der Waals surface area contributed by atoms with Crippen molar-refractivity contribution in [1.82, 2.24) is 36.8 Å². The lowest BCUT2D eigenvalue weighted by atomic mass is 9.96. The molecule has 23 heteroatoms. The van der Waals surface area contributed by atoms with Crippen molar-refractivity contribution >= 4 is 59.3 Å². The topological polar surface area (TPSA) is 373 Å². The van der Waals surface area contributed by atoms with Crippen molar-refractivity contribution in [2.75, 3.05) is 6.54 Å². The second kappa shape index (κ2) is 27.0. The highest BCUT2D eigenvalue weighted by Crippen LogP contribution is 2.20. The van der Waals surface area contributed by atoms with Crippen LogP contribution in [0.3, 0.4) is 0 Å². The molecule has 1 saturated heterocycles. The molecule has 0 aromatic heterocycles. The maximum Gasteiger partial charge on any atom is 0.326 e. The molecule has 0 bridgehead atoms. The predicted molar refractivity (Wildman–Crippen MR) is 227 cm³/mol. The van der Waals surface area contributed by atoms with Gasteiger partial charge in [-0.1, -0.05) is 48.0 Å². The van der Waals surface area contributed by atoms with Crippen LogP contribution in [0.2, 0.25) is 0 Å². The number of nitrogens with one attached hydrogen (secondary N) is 6. The van der Waals surface area contributed by atoms with Crippen LogP contribution in [0.25, 0.3) is 0 Å². The van der Waals surface area contributed by atoms with Crippen LogP contribution in [0.5, 0.6) is 0 Å². The van der Waals surface area contributed by atoms with Gasteiger partial charge in [0.1, 0.15) is 48.3 Å². The average molecular weight is 915 g/mol. The largest absolute Gasteiger partial charge is 0.481 e. The Morgan fingerprint density at radius 2 is 1.03 bits per heavy atom. The number of amides is 7. The van der Waals surface area contributed by atoms with Crippen LogP contribution in [-0.4, -0.2) is 157 Å². The molecule has 0 aliphatic carbocycles. The first-order valence-electron chi connectivity index (χ1n) is 21.6. The summed E-state index contributed by atoms with van der Waals surface area (Å²) in [4.78, 5) is 131. The Morgan fingerprint density at radius 1 is 0.594 bits per heavy atom. The minimum atomic E-state index is -1.81. The SMILES string of the molecule is CC[C@H](C)[C@H](NC(=O)[C@H](CCC(=O)O)NC(=O)[C@H](CC(C)C)NC(=O)[C@@H]1CCCN1C(=O)[C@@H](N)[C@@H](C)O)C(=O)N[C@H](C(=O)N[C@@H](CCC(=O)O)C(=O)N[C@@H](CC(C)C)C(=O)O)[C@@H](C)O. The van der Waals surface area contributed by atoms with Crippen LogP contribution in [-0.2, 0) is 47.9 Å². The van der Waals surface area contributed by atoms with Crippen molar-refractivity contribution in [3.63, 3.8) is 0 Å². The van der Waals surface area contributed by atoms with Crippen LogP contribution < -0.4 is 37.6 Å². The fraction of sp³-hybridized carbons (Fsp3) is 0.756. The minimum absolute atomic E-state index is 0.0102. The Labute approximate surface area is 372 Å². The van der Waals surface area contributed by atoms with Crippen LogP contribution >= 0.6 is 0 Å². The molecular formula is C41H70N8O15. The third kappa shape index (κ3) is 18.7. The molecule has 0 spiro atoms. The normalized spacial score (nSPS) is 18.5. The summed E-state index contributed by atoms with van der Waals surface area (Å²) >= 11 is 0. The zero-order chi connectivity index (χ0) is 49.2. The molecule has 1 fully saturated rings. The molecule has 0 unspecified atom stereocenters. The Balaban J connectivity index is 3.38. The van der Waals surface area contributed by atoms with E-state index in [1.165, 1.54) is 11.8 Å². The number of carbonyl (C=O) groups excluding carboxylic acids is 7. The van der Waals surface area contributed by atoms with Gasteiger partial charge in [0.15, 0.2) is 0 Å². The summed E-state index contributed by atoms with van der Waals surface area (Å²) in [6.45, 7) is 12.8. The van der Waals surface area contributed by atoms with Gasteiger partial charge in [-0.15, -0.1) is 0 Å². The molecule has 0 aromatic rings. The maximum atomic E-state index is 13.9. The number of hydrogen-bond acceptors (Lipinski definition) is 13. The molecule has 7 amide bonds. The highest BCUT2D eigenvalue weighted by molar-refractivity contribution is 5.98. The predicted octanol–water partition coefficient (Wildman–Crippen LogP) is -2.07. The van der Waals surface area contributed by atoms with Gasteiger partial charge in [0.05, 0.1) is 12.2 Å². The second-order valence-electron chi connectivity index (χ2n) is 17.3. The fourth-order valence-electron chi connectivity index (χ4n) is 6.85. The van der Waals surface area contributed by atoms with Crippen molar-refractivity contribution in [2.45, 2.75) is 174 Å². The Morgan fingerprint density at radius 3 is 1.48 bits per heavy atom. The van der Waals surface area contributed by atoms with E-state index in [1.54, 1.807) is 41.5 Å². The summed E-state index contributed by atoms with van der Waals surface area (Å²) in [5.74, 6) is -11.5. The van der Waals surface area contributed by atoms with E-state index in [0.29, 0.717) is 6.42 Å². The number of likely N-dealkylation sites (tertiary alicyclic amines) is 1. The number of rotatable bonds is 28. The Kier molecular flexibility index (Phi) is 23.9. The smallest absolute Gasteiger partial charge is 0.326 e. The van der Waals surface area contributed by atoms with Crippen LogP contribution in [0.4, 0.5) is 0 Å². The zero-order valence-corrected chi connectivity index (χ0v) is 37.9. The van der Waals surface area contributed by atoms with E-state index < -0.39 is 151 Å². The molecule has 364 valence electrons. The molecule has 64 heavy (non-hydrogen) atoms. The number of carboxylic acids is 3. The molecule has 0 radical (unpaired) electrons. The minimum Gasteiger partial charge on any atom is -0.481 e. The third-order valence-electron chi connectivity index (χ3n) is 10.7. The second-order valence-corrected chi connectivity index (χ2v) is 17.3. The zero-order valence-electron chi connectivity index (χ0n) is 37.9. The van der Waals surface area contributed by atoms with Crippen molar-refractivity contribution in [3.05, 3.63) is 0 Å². The summed E-state index contributed by atoms with van der Waals surface area (Å²) < 4.78 is 0. The molecule has 11 atom stereocenters. The van der Waals surface area contributed by atoms with E-state index in [1.807, 2.05) is 0 Å². The lowest BCUT2D eigenvalue weighted by Crippen LogP contribution is -2.62. The van der Waals surface area contributed by atoms with E-state index in [0.717, 1.165) is 6.92 Å². The summed E-state index contributed by atoms with van der Waals surface area (Å²) in [5, 5.41) is 63.4. The van der Waals surface area contributed by atoms with Gasteiger partial charge in [-0.05, 0) is 70.1 Å².